The van der Waals surface area contributed by atoms with Crippen molar-refractivity contribution in [2.24, 2.45) is 11.3 Å². The number of nitrogens with zero attached hydrogens (tertiary/aromatic N) is 3. The first kappa shape index (κ1) is 18.6. The largest absolute Gasteiger partial charge is 0.341 e. The summed E-state index contributed by atoms with van der Waals surface area (Å²) >= 11 is 0. The van der Waals surface area contributed by atoms with Crippen LogP contribution in [0.5, 0.6) is 0 Å². The highest BCUT2D eigenvalue weighted by atomic mass is 16.2. The SMILES string of the molecule is O=C(N1CCCC(c2n[nH]c(=O)[nH]2)C1)[C@@]12CCC[C@@H]1CN(Cc1ccccc1)C2. The van der Waals surface area contributed by atoms with Crippen molar-refractivity contribution in [2.75, 3.05) is 26.2 Å². The van der Waals surface area contributed by atoms with Gasteiger partial charge in [-0.05, 0) is 37.2 Å². The minimum atomic E-state index is -0.273. The lowest BCUT2D eigenvalue weighted by molar-refractivity contribution is -0.144. The first-order chi connectivity index (χ1) is 14.1. The number of hydrogen-bond donors (Lipinski definition) is 2. The summed E-state index contributed by atoms with van der Waals surface area (Å²) in [7, 11) is 0. The molecule has 0 radical (unpaired) electrons. The molecule has 1 aromatic heterocycles. The van der Waals surface area contributed by atoms with Gasteiger partial charge in [0.2, 0.25) is 5.91 Å². The van der Waals surface area contributed by atoms with Crippen LogP contribution in [-0.2, 0) is 11.3 Å². The second-order valence-corrected chi connectivity index (χ2v) is 9.05. The number of hydrogen-bond acceptors (Lipinski definition) is 4. The van der Waals surface area contributed by atoms with E-state index in [1.165, 1.54) is 5.56 Å². The number of likely N-dealkylation sites (tertiary alicyclic amines) is 2. The van der Waals surface area contributed by atoms with Crippen molar-refractivity contribution in [1.82, 2.24) is 25.0 Å². The van der Waals surface area contributed by atoms with Gasteiger partial charge in [-0.3, -0.25) is 14.7 Å². The average molecular weight is 396 g/mol. The summed E-state index contributed by atoms with van der Waals surface area (Å²) < 4.78 is 0. The van der Waals surface area contributed by atoms with Gasteiger partial charge in [-0.25, -0.2) is 9.89 Å². The number of nitrogens with one attached hydrogen (secondary N) is 2. The highest BCUT2D eigenvalue weighted by Gasteiger charge is 2.55. The van der Waals surface area contributed by atoms with Gasteiger partial charge in [0.25, 0.3) is 0 Å². The van der Waals surface area contributed by atoms with Gasteiger partial charge in [0, 0.05) is 38.6 Å². The molecule has 1 saturated carbocycles. The highest BCUT2D eigenvalue weighted by molar-refractivity contribution is 5.84. The van der Waals surface area contributed by atoms with Crippen LogP contribution in [0, 0.1) is 11.3 Å². The molecule has 1 aromatic carbocycles. The maximum atomic E-state index is 13.8. The monoisotopic (exact) mass is 395 g/mol. The van der Waals surface area contributed by atoms with Crippen LogP contribution < -0.4 is 5.69 Å². The standard InChI is InChI=1S/C22H29N5O2/c28-20(27-11-5-8-17(13-27)19-23-21(29)25-24-19)22-10-4-9-18(22)14-26(15-22)12-16-6-2-1-3-7-16/h1-3,6-7,17-18H,4-5,8-15H2,(H2,23,24,25,29)/t17?,18-,22-/m1/s1. The first-order valence-corrected chi connectivity index (χ1v) is 10.8. The van der Waals surface area contributed by atoms with Gasteiger partial charge >= 0.3 is 5.69 Å². The smallest absolute Gasteiger partial charge is 0.340 e. The van der Waals surface area contributed by atoms with E-state index in [0.29, 0.717) is 24.2 Å². The summed E-state index contributed by atoms with van der Waals surface area (Å²) in [5.74, 6) is 1.59. The number of fused-ring (bicyclic) bond motifs is 1. The number of rotatable bonds is 4. The van der Waals surface area contributed by atoms with Crippen molar-refractivity contribution in [3.8, 4) is 0 Å². The Balaban J connectivity index is 1.31. The van der Waals surface area contributed by atoms with E-state index in [4.69, 9.17) is 0 Å². The number of amides is 1. The van der Waals surface area contributed by atoms with Crippen molar-refractivity contribution < 1.29 is 4.79 Å². The lowest BCUT2D eigenvalue weighted by Crippen LogP contribution is -2.50. The zero-order chi connectivity index (χ0) is 19.8. The fourth-order valence-electron chi connectivity index (χ4n) is 5.88. The van der Waals surface area contributed by atoms with Crippen LogP contribution in [0.3, 0.4) is 0 Å². The number of aromatic amines is 2. The van der Waals surface area contributed by atoms with E-state index in [-0.39, 0.29) is 17.0 Å². The Morgan fingerprint density at radius 3 is 2.83 bits per heavy atom. The van der Waals surface area contributed by atoms with Gasteiger partial charge < -0.3 is 4.90 Å². The van der Waals surface area contributed by atoms with Crippen LogP contribution >= 0.6 is 0 Å². The molecule has 1 aliphatic carbocycles. The normalized spacial score (nSPS) is 29.9. The van der Waals surface area contributed by atoms with Crippen LogP contribution in [-0.4, -0.2) is 57.1 Å². The molecule has 2 aliphatic heterocycles. The summed E-state index contributed by atoms with van der Waals surface area (Å²) in [4.78, 5) is 32.5. The third kappa shape index (κ3) is 3.41. The zero-order valence-electron chi connectivity index (χ0n) is 16.8. The third-order valence-corrected chi connectivity index (χ3v) is 7.23. The molecular weight excluding hydrogens is 366 g/mol. The Morgan fingerprint density at radius 2 is 2.03 bits per heavy atom. The summed E-state index contributed by atoms with van der Waals surface area (Å²) in [5, 5.41) is 6.57. The highest BCUT2D eigenvalue weighted by Crippen LogP contribution is 2.50. The number of piperidine rings is 1. The maximum Gasteiger partial charge on any atom is 0.340 e. The van der Waals surface area contributed by atoms with Gasteiger partial charge in [-0.2, -0.15) is 5.10 Å². The topological polar surface area (TPSA) is 85.1 Å². The van der Waals surface area contributed by atoms with E-state index in [0.717, 1.165) is 58.3 Å². The van der Waals surface area contributed by atoms with Crippen molar-refractivity contribution in [3.05, 3.63) is 52.2 Å². The van der Waals surface area contributed by atoms with E-state index in [2.05, 4.69) is 49.2 Å². The average Bonchev–Trinajstić information content (AvgIpc) is 3.43. The molecule has 3 atom stereocenters. The fourth-order valence-corrected chi connectivity index (χ4v) is 5.88. The number of aromatic nitrogens is 3. The van der Waals surface area contributed by atoms with Gasteiger partial charge in [0.05, 0.1) is 5.41 Å². The predicted molar refractivity (Wildman–Crippen MR) is 109 cm³/mol. The van der Waals surface area contributed by atoms with E-state index < -0.39 is 0 Å². The Bertz CT molecular complexity index is 923. The molecule has 0 spiro atoms. The van der Waals surface area contributed by atoms with Gasteiger partial charge in [-0.15, -0.1) is 0 Å². The first-order valence-electron chi connectivity index (χ1n) is 10.8. The molecule has 154 valence electrons. The molecular formula is C22H29N5O2. The molecule has 3 aliphatic rings. The number of carbonyl (C=O) groups is 1. The van der Waals surface area contributed by atoms with E-state index in [1.807, 2.05) is 6.07 Å². The quantitative estimate of drug-likeness (QED) is 0.830. The molecule has 1 unspecified atom stereocenters. The molecule has 5 rings (SSSR count). The Hall–Kier alpha value is -2.41. The summed E-state index contributed by atoms with van der Waals surface area (Å²) in [6.07, 6.45) is 5.23. The number of carbonyl (C=O) groups excluding carboxylic acids is 1. The zero-order valence-corrected chi connectivity index (χ0v) is 16.8. The Labute approximate surface area is 170 Å². The lowest BCUT2D eigenvalue weighted by atomic mass is 9.78. The number of H-pyrrole nitrogens is 2. The molecule has 2 aromatic rings. The molecule has 3 fully saturated rings. The summed E-state index contributed by atoms with van der Waals surface area (Å²) in [5.41, 5.74) is 0.816. The van der Waals surface area contributed by atoms with E-state index in [1.54, 1.807) is 0 Å². The van der Waals surface area contributed by atoms with E-state index >= 15 is 0 Å². The molecule has 7 heteroatoms. The second kappa shape index (κ2) is 7.44. The Kier molecular flexibility index (Phi) is 4.78. The lowest BCUT2D eigenvalue weighted by Gasteiger charge is -2.38. The van der Waals surface area contributed by atoms with E-state index in [9.17, 15) is 9.59 Å². The summed E-state index contributed by atoms with van der Waals surface area (Å²) in [6, 6.07) is 10.6. The van der Waals surface area contributed by atoms with Crippen molar-refractivity contribution in [2.45, 2.75) is 44.6 Å². The summed E-state index contributed by atoms with van der Waals surface area (Å²) in [6.45, 7) is 4.28. The van der Waals surface area contributed by atoms with Crippen molar-refractivity contribution >= 4 is 5.91 Å². The number of benzene rings is 1. The minimum absolute atomic E-state index is 0.115. The molecule has 2 saturated heterocycles. The van der Waals surface area contributed by atoms with Crippen LogP contribution in [0.15, 0.2) is 35.1 Å². The second-order valence-electron chi connectivity index (χ2n) is 9.05. The van der Waals surface area contributed by atoms with Crippen molar-refractivity contribution in [1.29, 1.82) is 0 Å². The van der Waals surface area contributed by atoms with Gasteiger partial charge in [0.1, 0.15) is 5.82 Å². The molecule has 7 nitrogen and oxygen atoms in total. The molecule has 29 heavy (non-hydrogen) atoms. The Morgan fingerprint density at radius 1 is 1.17 bits per heavy atom. The van der Waals surface area contributed by atoms with Gasteiger partial charge in [-0.1, -0.05) is 36.8 Å². The predicted octanol–water partition coefficient (Wildman–Crippen LogP) is 2.11. The minimum Gasteiger partial charge on any atom is -0.341 e. The van der Waals surface area contributed by atoms with Gasteiger partial charge in [0.15, 0.2) is 0 Å². The third-order valence-electron chi connectivity index (χ3n) is 7.23. The molecule has 0 bridgehead atoms. The molecule has 3 heterocycles. The molecule has 1 amide bonds. The van der Waals surface area contributed by atoms with Crippen LogP contribution in [0.4, 0.5) is 0 Å². The van der Waals surface area contributed by atoms with Crippen molar-refractivity contribution in [3.63, 3.8) is 0 Å². The van der Waals surface area contributed by atoms with Crippen LogP contribution in [0.1, 0.15) is 49.4 Å². The molecule has 2 N–H and O–H groups in total. The fraction of sp³-hybridized carbons (Fsp3) is 0.591. The maximum absolute atomic E-state index is 13.8. The van der Waals surface area contributed by atoms with Crippen LogP contribution in [0.25, 0.3) is 0 Å². The van der Waals surface area contributed by atoms with Crippen LogP contribution in [0.2, 0.25) is 0 Å².